The van der Waals surface area contributed by atoms with Crippen molar-refractivity contribution in [3.05, 3.63) is 29.3 Å². The van der Waals surface area contributed by atoms with Gasteiger partial charge in [0.05, 0.1) is 30.0 Å². The minimum Gasteiger partial charge on any atom is -0.398 e. The van der Waals surface area contributed by atoms with Gasteiger partial charge in [-0.2, -0.15) is 13.2 Å². The number of amides is 1. The monoisotopic (exact) mass is 274 g/mol. The van der Waals surface area contributed by atoms with Gasteiger partial charge < -0.3 is 15.4 Å². The third kappa shape index (κ3) is 2.81. The number of nitrogens with two attached hydrogens (primary N) is 1. The van der Waals surface area contributed by atoms with Crippen LogP contribution in [0.25, 0.3) is 0 Å². The van der Waals surface area contributed by atoms with Crippen LogP contribution in [0.2, 0.25) is 0 Å². The maximum absolute atomic E-state index is 12.7. The van der Waals surface area contributed by atoms with Crippen LogP contribution in [0.3, 0.4) is 0 Å². The molecule has 19 heavy (non-hydrogen) atoms. The Morgan fingerprint density at radius 3 is 2.47 bits per heavy atom. The summed E-state index contributed by atoms with van der Waals surface area (Å²) in [5, 5.41) is 0. The number of morpholine rings is 1. The van der Waals surface area contributed by atoms with Crippen LogP contribution in [0.15, 0.2) is 18.2 Å². The lowest BCUT2D eigenvalue weighted by Crippen LogP contribution is -2.41. The molecule has 2 rings (SSSR count). The van der Waals surface area contributed by atoms with Gasteiger partial charge >= 0.3 is 6.18 Å². The summed E-state index contributed by atoms with van der Waals surface area (Å²) in [6, 6.07) is 3.36. The first-order valence-corrected chi connectivity index (χ1v) is 5.74. The van der Waals surface area contributed by atoms with E-state index in [1.807, 2.05) is 0 Å². The van der Waals surface area contributed by atoms with Gasteiger partial charge in [-0.1, -0.05) is 6.07 Å². The lowest BCUT2D eigenvalue weighted by Gasteiger charge is -2.27. The van der Waals surface area contributed by atoms with Crippen LogP contribution in [0, 0.1) is 0 Å². The number of halogens is 3. The molecule has 0 unspecified atom stereocenters. The zero-order valence-corrected chi connectivity index (χ0v) is 10.0. The highest BCUT2D eigenvalue weighted by Gasteiger charge is 2.35. The van der Waals surface area contributed by atoms with E-state index >= 15 is 0 Å². The molecule has 0 spiro atoms. The Morgan fingerprint density at radius 1 is 1.26 bits per heavy atom. The summed E-state index contributed by atoms with van der Waals surface area (Å²) in [5.41, 5.74) is 3.86. The van der Waals surface area contributed by atoms with Crippen molar-refractivity contribution >= 4 is 11.6 Å². The van der Waals surface area contributed by atoms with E-state index in [0.717, 1.165) is 6.07 Å². The Labute approximate surface area is 107 Å². The van der Waals surface area contributed by atoms with E-state index in [1.165, 1.54) is 17.0 Å². The summed E-state index contributed by atoms with van der Waals surface area (Å²) >= 11 is 0. The van der Waals surface area contributed by atoms with Crippen LogP contribution in [0.5, 0.6) is 0 Å². The number of alkyl halides is 3. The van der Waals surface area contributed by atoms with Gasteiger partial charge in [0.1, 0.15) is 0 Å². The second-order valence-corrected chi connectivity index (χ2v) is 4.17. The van der Waals surface area contributed by atoms with Crippen molar-refractivity contribution in [1.82, 2.24) is 4.90 Å². The molecule has 0 aromatic heterocycles. The third-order valence-corrected chi connectivity index (χ3v) is 2.94. The van der Waals surface area contributed by atoms with Gasteiger partial charge in [0, 0.05) is 13.1 Å². The molecule has 0 radical (unpaired) electrons. The van der Waals surface area contributed by atoms with Crippen molar-refractivity contribution in [3.8, 4) is 0 Å². The fourth-order valence-corrected chi connectivity index (χ4v) is 1.94. The molecule has 7 heteroatoms. The molecule has 0 saturated carbocycles. The fraction of sp³-hybridized carbons (Fsp3) is 0.417. The molecule has 0 atom stereocenters. The van der Waals surface area contributed by atoms with Crippen molar-refractivity contribution in [2.24, 2.45) is 0 Å². The number of carbonyl (C=O) groups is 1. The topological polar surface area (TPSA) is 55.6 Å². The molecule has 1 heterocycles. The zero-order valence-electron chi connectivity index (χ0n) is 10.0. The number of nitrogen functional groups attached to an aromatic ring is 1. The van der Waals surface area contributed by atoms with Gasteiger partial charge in [-0.3, -0.25) is 4.79 Å². The van der Waals surface area contributed by atoms with E-state index in [9.17, 15) is 18.0 Å². The molecule has 1 fully saturated rings. The Hall–Kier alpha value is -1.76. The van der Waals surface area contributed by atoms with Gasteiger partial charge in [0.15, 0.2) is 0 Å². The summed E-state index contributed by atoms with van der Waals surface area (Å²) in [6.07, 6.45) is -4.56. The molecule has 1 aliphatic rings. The Balaban J connectivity index is 2.32. The number of nitrogens with zero attached hydrogens (tertiary/aromatic N) is 1. The van der Waals surface area contributed by atoms with E-state index in [4.69, 9.17) is 10.5 Å². The molecule has 0 aliphatic carbocycles. The second-order valence-electron chi connectivity index (χ2n) is 4.17. The van der Waals surface area contributed by atoms with E-state index < -0.39 is 23.3 Å². The molecule has 2 N–H and O–H groups in total. The van der Waals surface area contributed by atoms with Gasteiger partial charge in [0.25, 0.3) is 5.91 Å². The SMILES string of the molecule is Nc1c(C(=O)N2CCOCC2)cccc1C(F)(F)F. The van der Waals surface area contributed by atoms with Gasteiger partial charge in [0.2, 0.25) is 0 Å². The summed E-state index contributed by atoms with van der Waals surface area (Å²) in [5.74, 6) is -0.494. The summed E-state index contributed by atoms with van der Waals surface area (Å²) in [6.45, 7) is 1.47. The van der Waals surface area contributed by atoms with Gasteiger partial charge in [-0.05, 0) is 12.1 Å². The predicted octanol–water partition coefficient (Wildman–Crippen LogP) is 1.76. The molecular weight excluding hydrogens is 261 g/mol. The number of rotatable bonds is 1. The van der Waals surface area contributed by atoms with Crippen LogP contribution in [-0.2, 0) is 10.9 Å². The number of hydrogen-bond donors (Lipinski definition) is 1. The normalized spacial score (nSPS) is 16.5. The van der Waals surface area contributed by atoms with Gasteiger partial charge in [-0.15, -0.1) is 0 Å². The largest absolute Gasteiger partial charge is 0.418 e. The number of anilines is 1. The van der Waals surface area contributed by atoms with Crippen LogP contribution in [0.4, 0.5) is 18.9 Å². The van der Waals surface area contributed by atoms with Crippen molar-refractivity contribution in [2.75, 3.05) is 32.0 Å². The quantitative estimate of drug-likeness (QED) is 0.794. The first-order valence-electron chi connectivity index (χ1n) is 5.74. The summed E-state index contributed by atoms with van der Waals surface area (Å²) < 4.78 is 43.2. The number of ether oxygens (including phenoxy) is 1. The van der Waals surface area contributed by atoms with Crippen LogP contribution >= 0.6 is 0 Å². The van der Waals surface area contributed by atoms with Crippen molar-refractivity contribution < 1.29 is 22.7 Å². The molecule has 1 aromatic rings. The van der Waals surface area contributed by atoms with E-state index in [-0.39, 0.29) is 5.56 Å². The van der Waals surface area contributed by atoms with Crippen molar-refractivity contribution in [1.29, 1.82) is 0 Å². The number of hydrogen-bond acceptors (Lipinski definition) is 3. The Kier molecular flexibility index (Phi) is 3.66. The van der Waals surface area contributed by atoms with Crippen LogP contribution in [0.1, 0.15) is 15.9 Å². The first-order chi connectivity index (χ1) is 8.91. The molecule has 1 aliphatic heterocycles. The standard InChI is InChI=1S/C12H13F3N2O2/c13-12(14,15)9-3-1-2-8(10(9)16)11(18)17-4-6-19-7-5-17/h1-3H,4-7,16H2. The highest BCUT2D eigenvalue weighted by atomic mass is 19.4. The van der Waals surface area contributed by atoms with Gasteiger partial charge in [-0.25, -0.2) is 0 Å². The molecule has 0 bridgehead atoms. The average Bonchev–Trinajstić information content (AvgIpc) is 2.38. The smallest absolute Gasteiger partial charge is 0.398 e. The van der Waals surface area contributed by atoms with Crippen molar-refractivity contribution in [3.63, 3.8) is 0 Å². The minimum absolute atomic E-state index is 0.114. The zero-order chi connectivity index (χ0) is 14.0. The Morgan fingerprint density at radius 2 is 1.89 bits per heavy atom. The minimum atomic E-state index is -4.56. The van der Waals surface area contributed by atoms with E-state index in [0.29, 0.717) is 26.3 Å². The van der Waals surface area contributed by atoms with Crippen molar-refractivity contribution in [2.45, 2.75) is 6.18 Å². The number of para-hydroxylation sites is 1. The third-order valence-electron chi connectivity index (χ3n) is 2.94. The fourth-order valence-electron chi connectivity index (χ4n) is 1.94. The molecule has 104 valence electrons. The lowest BCUT2D eigenvalue weighted by atomic mass is 10.1. The lowest BCUT2D eigenvalue weighted by molar-refractivity contribution is -0.136. The van der Waals surface area contributed by atoms with Crippen LogP contribution < -0.4 is 5.73 Å². The Bertz CT molecular complexity index is 482. The molecule has 1 aromatic carbocycles. The van der Waals surface area contributed by atoms with E-state index in [1.54, 1.807) is 0 Å². The number of benzene rings is 1. The molecule has 1 saturated heterocycles. The summed E-state index contributed by atoms with van der Waals surface area (Å²) in [7, 11) is 0. The summed E-state index contributed by atoms with van der Waals surface area (Å²) in [4.78, 5) is 13.6. The molecular formula is C12H13F3N2O2. The van der Waals surface area contributed by atoms with Crippen LogP contribution in [-0.4, -0.2) is 37.1 Å². The average molecular weight is 274 g/mol. The molecule has 4 nitrogen and oxygen atoms in total. The number of carbonyl (C=O) groups excluding carboxylic acids is 1. The maximum atomic E-state index is 12.7. The first kappa shape index (κ1) is 13.7. The van der Waals surface area contributed by atoms with E-state index in [2.05, 4.69) is 0 Å². The second kappa shape index (κ2) is 5.08. The maximum Gasteiger partial charge on any atom is 0.418 e. The highest BCUT2D eigenvalue weighted by Crippen LogP contribution is 2.35. The molecule has 1 amide bonds. The highest BCUT2D eigenvalue weighted by molar-refractivity contribution is 5.99. The predicted molar refractivity (Wildman–Crippen MR) is 62.6 cm³/mol.